The van der Waals surface area contributed by atoms with Crippen LogP contribution < -0.4 is 10.6 Å². The first kappa shape index (κ1) is 19.3. The van der Waals surface area contributed by atoms with Crippen LogP contribution in [0.3, 0.4) is 0 Å². The van der Waals surface area contributed by atoms with E-state index in [-0.39, 0.29) is 12.1 Å². The predicted octanol–water partition coefficient (Wildman–Crippen LogP) is 2.52. The summed E-state index contributed by atoms with van der Waals surface area (Å²) < 4.78 is 5.38. The summed E-state index contributed by atoms with van der Waals surface area (Å²) in [5.41, 5.74) is -0.468. The van der Waals surface area contributed by atoms with Crippen molar-refractivity contribution in [2.24, 2.45) is 4.99 Å². The zero-order chi connectivity index (χ0) is 17.5. The highest BCUT2D eigenvalue weighted by Crippen LogP contribution is 2.12. The lowest BCUT2D eigenvalue weighted by molar-refractivity contribution is 0.0230. The number of hydrogen-bond acceptors (Lipinski definition) is 3. The molecule has 0 heterocycles. The molecule has 1 rings (SSSR count). The number of guanidine groups is 1. The van der Waals surface area contributed by atoms with Crippen LogP contribution in [0, 0.1) is 0 Å². The fourth-order valence-corrected chi connectivity index (χ4v) is 2.23. The number of carbonyl (C=O) groups is 1. The van der Waals surface area contributed by atoms with E-state index in [0.717, 1.165) is 31.8 Å². The summed E-state index contributed by atoms with van der Waals surface area (Å²) >= 11 is 0. The fraction of sp³-hybridized carbons (Fsp3) is 0.765. The summed E-state index contributed by atoms with van der Waals surface area (Å²) in [6.07, 6.45) is 6.98. The van der Waals surface area contributed by atoms with Crippen molar-refractivity contribution in [3.05, 3.63) is 12.2 Å². The number of amides is 1. The Morgan fingerprint density at radius 2 is 2.00 bits per heavy atom. The largest absolute Gasteiger partial charge is 0.444 e. The van der Waals surface area contributed by atoms with E-state index in [2.05, 4.69) is 27.8 Å². The minimum Gasteiger partial charge on any atom is -0.444 e. The maximum Gasteiger partial charge on any atom is 0.410 e. The summed E-state index contributed by atoms with van der Waals surface area (Å²) in [6.45, 7) is 8.38. The monoisotopic (exact) mass is 324 g/mol. The summed E-state index contributed by atoms with van der Waals surface area (Å²) in [4.78, 5) is 17.9. The first-order chi connectivity index (χ1) is 10.7. The van der Waals surface area contributed by atoms with E-state index in [1.807, 2.05) is 27.7 Å². The Bertz CT molecular complexity index is 432. The first-order valence-corrected chi connectivity index (χ1v) is 8.31. The van der Waals surface area contributed by atoms with Gasteiger partial charge in [-0.05, 0) is 47.0 Å². The third kappa shape index (κ3) is 7.39. The van der Waals surface area contributed by atoms with E-state index in [1.54, 1.807) is 19.0 Å². The molecule has 1 aliphatic rings. The fourth-order valence-electron chi connectivity index (χ4n) is 2.23. The highest BCUT2D eigenvalue weighted by Gasteiger charge is 2.22. The normalized spacial score (nSPS) is 17.0. The van der Waals surface area contributed by atoms with E-state index in [4.69, 9.17) is 4.74 Å². The molecule has 6 nitrogen and oxygen atoms in total. The van der Waals surface area contributed by atoms with Gasteiger partial charge < -0.3 is 20.3 Å². The maximum absolute atomic E-state index is 12.0. The van der Waals surface area contributed by atoms with Gasteiger partial charge in [-0.25, -0.2) is 4.79 Å². The standard InChI is InChI=1S/C17H32N4O2/c1-13(21(6)16(22)23-17(2,3)4)11-12-19-15(18-5)20-14-9-7-8-10-14/h7-8,13-14H,9-12H2,1-6H3,(H2,18,19,20). The van der Waals surface area contributed by atoms with Gasteiger partial charge in [0.1, 0.15) is 5.60 Å². The SMILES string of the molecule is CN=C(NCCC(C)N(C)C(=O)OC(C)(C)C)NC1CC=CC1. The molecule has 6 heteroatoms. The molecule has 1 aliphatic carbocycles. The van der Waals surface area contributed by atoms with Crippen molar-refractivity contribution in [3.63, 3.8) is 0 Å². The molecule has 1 amide bonds. The Balaban J connectivity index is 2.31. The Labute approximate surface area is 140 Å². The number of rotatable bonds is 5. The Hall–Kier alpha value is -1.72. The molecule has 0 aromatic rings. The zero-order valence-corrected chi connectivity index (χ0v) is 15.3. The summed E-state index contributed by atoms with van der Waals surface area (Å²) in [5.74, 6) is 0.811. The van der Waals surface area contributed by atoms with Crippen LogP contribution in [0.1, 0.15) is 47.0 Å². The number of hydrogen-bond donors (Lipinski definition) is 2. The number of nitrogens with one attached hydrogen (secondary N) is 2. The molecule has 23 heavy (non-hydrogen) atoms. The van der Waals surface area contributed by atoms with E-state index < -0.39 is 5.60 Å². The first-order valence-electron chi connectivity index (χ1n) is 8.31. The second-order valence-corrected chi connectivity index (χ2v) is 7.01. The second-order valence-electron chi connectivity index (χ2n) is 7.01. The van der Waals surface area contributed by atoms with Crippen molar-refractivity contribution in [2.75, 3.05) is 20.6 Å². The van der Waals surface area contributed by atoms with Crippen molar-refractivity contribution in [2.45, 2.75) is 64.6 Å². The van der Waals surface area contributed by atoms with Gasteiger partial charge in [0.05, 0.1) is 0 Å². The van der Waals surface area contributed by atoms with E-state index in [9.17, 15) is 4.79 Å². The lowest BCUT2D eigenvalue weighted by Gasteiger charge is -2.29. The van der Waals surface area contributed by atoms with Crippen LogP contribution in [0.15, 0.2) is 17.1 Å². The van der Waals surface area contributed by atoms with Gasteiger partial charge in [-0.3, -0.25) is 4.99 Å². The molecule has 1 unspecified atom stereocenters. The molecule has 1 atom stereocenters. The third-order valence-corrected chi connectivity index (χ3v) is 3.77. The topological polar surface area (TPSA) is 66.0 Å². The van der Waals surface area contributed by atoms with Gasteiger partial charge in [0.25, 0.3) is 0 Å². The Morgan fingerprint density at radius 3 is 2.52 bits per heavy atom. The Morgan fingerprint density at radius 1 is 1.39 bits per heavy atom. The smallest absolute Gasteiger partial charge is 0.410 e. The predicted molar refractivity (Wildman–Crippen MR) is 94.7 cm³/mol. The third-order valence-electron chi connectivity index (χ3n) is 3.77. The van der Waals surface area contributed by atoms with Gasteiger partial charge in [0.15, 0.2) is 5.96 Å². The molecule has 0 saturated heterocycles. The van der Waals surface area contributed by atoms with Gasteiger partial charge in [0, 0.05) is 32.7 Å². The molecule has 0 fully saturated rings. The molecule has 0 aromatic heterocycles. The van der Waals surface area contributed by atoms with Crippen LogP contribution >= 0.6 is 0 Å². The molecule has 0 aromatic carbocycles. The van der Waals surface area contributed by atoms with Gasteiger partial charge >= 0.3 is 6.09 Å². The average Bonchev–Trinajstić information content (AvgIpc) is 2.96. The van der Waals surface area contributed by atoms with Crippen LogP contribution in [-0.4, -0.2) is 55.3 Å². The van der Waals surface area contributed by atoms with Crippen LogP contribution in [0.4, 0.5) is 4.79 Å². The average molecular weight is 324 g/mol. The van der Waals surface area contributed by atoms with E-state index >= 15 is 0 Å². The van der Waals surface area contributed by atoms with Gasteiger partial charge in [-0.2, -0.15) is 0 Å². The van der Waals surface area contributed by atoms with Gasteiger partial charge in [-0.15, -0.1) is 0 Å². The molecule has 0 saturated carbocycles. The maximum atomic E-state index is 12.0. The number of nitrogens with zero attached hydrogens (tertiary/aromatic N) is 2. The van der Waals surface area contributed by atoms with Crippen molar-refractivity contribution in [1.82, 2.24) is 15.5 Å². The molecule has 0 bridgehead atoms. The molecular weight excluding hydrogens is 292 g/mol. The zero-order valence-electron chi connectivity index (χ0n) is 15.3. The van der Waals surface area contributed by atoms with Gasteiger partial charge in [0.2, 0.25) is 0 Å². The van der Waals surface area contributed by atoms with Crippen molar-refractivity contribution >= 4 is 12.1 Å². The van der Waals surface area contributed by atoms with E-state index in [1.165, 1.54) is 0 Å². The number of carbonyl (C=O) groups excluding carboxylic acids is 1. The highest BCUT2D eigenvalue weighted by atomic mass is 16.6. The summed E-state index contributed by atoms with van der Waals surface area (Å²) in [7, 11) is 3.55. The van der Waals surface area contributed by atoms with Crippen LogP contribution in [0.5, 0.6) is 0 Å². The Kier molecular flexibility index (Phi) is 7.39. The minimum atomic E-state index is -0.468. The highest BCUT2D eigenvalue weighted by molar-refractivity contribution is 5.80. The number of ether oxygens (including phenoxy) is 1. The lowest BCUT2D eigenvalue weighted by Crippen LogP contribution is -2.45. The summed E-state index contributed by atoms with van der Waals surface area (Å²) in [6, 6.07) is 0.520. The molecular formula is C17H32N4O2. The van der Waals surface area contributed by atoms with Crippen LogP contribution in [-0.2, 0) is 4.74 Å². The van der Waals surface area contributed by atoms with Crippen molar-refractivity contribution < 1.29 is 9.53 Å². The molecule has 0 aliphatic heterocycles. The summed E-state index contributed by atoms with van der Waals surface area (Å²) in [5, 5.41) is 6.70. The molecule has 132 valence electrons. The van der Waals surface area contributed by atoms with Crippen LogP contribution in [0.2, 0.25) is 0 Å². The molecule has 0 radical (unpaired) electrons. The van der Waals surface area contributed by atoms with Crippen molar-refractivity contribution in [1.29, 1.82) is 0 Å². The number of aliphatic imine (C=N–C) groups is 1. The quantitative estimate of drug-likeness (QED) is 0.463. The van der Waals surface area contributed by atoms with Gasteiger partial charge in [-0.1, -0.05) is 12.2 Å². The van der Waals surface area contributed by atoms with Crippen LogP contribution in [0.25, 0.3) is 0 Å². The minimum absolute atomic E-state index is 0.0867. The molecule has 2 N–H and O–H groups in total. The second kappa shape index (κ2) is 8.79. The lowest BCUT2D eigenvalue weighted by atomic mass is 10.2. The van der Waals surface area contributed by atoms with E-state index in [0.29, 0.717) is 6.04 Å². The molecule has 0 spiro atoms. The van der Waals surface area contributed by atoms with Crippen molar-refractivity contribution in [3.8, 4) is 0 Å².